The van der Waals surface area contributed by atoms with Gasteiger partial charge in [-0.15, -0.1) is 0 Å². The van der Waals surface area contributed by atoms with Crippen molar-refractivity contribution in [3.8, 4) is 0 Å². The van der Waals surface area contributed by atoms with Gasteiger partial charge < -0.3 is 15.0 Å². The summed E-state index contributed by atoms with van der Waals surface area (Å²) >= 11 is 0. The number of amides is 2. The number of hydrogen-bond acceptors (Lipinski definition) is 4. The summed E-state index contributed by atoms with van der Waals surface area (Å²) in [6, 6.07) is 0. The van der Waals surface area contributed by atoms with Crippen molar-refractivity contribution in [2.24, 2.45) is 5.92 Å². The standard InChI is InChI=1S/C27H48N2O4/c1-24(31)23-28-27(33)25-18-20-29(21-19-25)26(32)17-15-13-11-9-7-5-3-2-4-6-8-10-12-14-16-22-30/h22,25H,2-21,23H2,1H3,(H,28,33). The number of likely N-dealkylation sites (tertiary alicyclic amines) is 1. The molecule has 0 bridgehead atoms. The van der Waals surface area contributed by atoms with Gasteiger partial charge in [0.05, 0.1) is 6.54 Å². The fourth-order valence-electron chi connectivity index (χ4n) is 4.53. The first-order valence-corrected chi connectivity index (χ1v) is 13.5. The van der Waals surface area contributed by atoms with E-state index in [1.54, 1.807) is 0 Å². The van der Waals surface area contributed by atoms with Crippen molar-refractivity contribution in [1.29, 1.82) is 0 Å². The second-order valence-electron chi connectivity index (χ2n) is 9.73. The van der Waals surface area contributed by atoms with Crippen LogP contribution < -0.4 is 5.32 Å². The number of ketones is 1. The highest BCUT2D eigenvalue weighted by Gasteiger charge is 2.26. The van der Waals surface area contributed by atoms with E-state index >= 15 is 0 Å². The zero-order valence-electron chi connectivity index (χ0n) is 21.1. The van der Waals surface area contributed by atoms with Crippen LogP contribution in [0.5, 0.6) is 0 Å². The van der Waals surface area contributed by atoms with Gasteiger partial charge in [-0.3, -0.25) is 14.4 Å². The van der Waals surface area contributed by atoms with E-state index in [-0.39, 0.29) is 30.1 Å². The van der Waals surface area contributed by atoms with Gasteiger partial charge in [0.2, 0.25) is 11.8 Å². The molecular formula is C27H48N2O4. The largest absolute Gasteiger partial charge is 0.349 e. The molecule has 0 radical (unpaired) electrons. The monoisotopic (exact) mass is 464 g/mol. The lowest BCUT2D eigenvalue weighted by molar-refractivity contribution is -0.135. The average molecular weight is 465 g/mol. The second kappa shape index (κ2) is 19.7. The van der Waals surface area contributed by atoms with E-state index in [0.717, 1.165) is 32.0 Å². The number of piperidine rings is 1. The van der Waals surface area contributed by atoms with E-state index in [2.05, 4.69) is 5.32 Å². The van der Waals surface area contributed by atoms with E-state index in [9.17, 15) is 19.2 Å². The molecular weight excluding hydrogens is 416 g/mol. The summed E-state index contributed by atoms with van der Waals surface area (Å²) in [5.41, 5.74) is 0. The molecule has 1 aliphatic rings. The van der Waals surface area contributed by atoms with Crippen LogP contribution in [-0.2, 0) is 19.2 Å². The molecule has 1 rings (SSSR count). The van der Waals surface area contributed by atoms with Crippen LogP contribution in [0.1, 0.15) is 122 Å². The van der Waals surface area contributed by atoms with Crippen molar-refractivity contribution >= 4 is 23.9 Å². The third kappa shape index (κ3) is 15.7. The Labute approximate surface area is 201 Å². The van der Waals surface area contributed by atoms with Gasteiger partial charge in [0.1, 0.15) is 12.1 Å². The minimum Gasteiger partial charge on any atom is -0.349 e. The third-order valence-corrected chi connectivity index (χ3v) is 6.69. The Kier molecular flexibility index (Phi) is 17.5. The van der Waals surface area contributed by atoms with Crippen LogP contribution >= 0.6 is 0 Å². The van der Waals surface area contributed by atoms with Crippen LogP contribution in [0.15, 0.2) is 0 Å². The molecule has 0 aromatic rings. The molecule has 1 saturated heterocycles. The quantitative estimate of drug-likeness (QED) is 0.194. The minimum atomic E-state index is -0.0763. The van der Waals surface area contributed by atoms with Gasteiger partial charge in [-0.2, -0.15) is 0 Å². The van der Waals surface area contributed by atoms with Crippen LogP contribution in [-0.4, -0.2) is 48.4 Å². The van der Waals surface area contributed by atoms with Crippen molar-refractivity contribution in [3.05, 3.63) is 0 Å². The first kappa shape index (κ1) is 29.3. The van der Waals surface area contributed by atoms with Crippen LogP contribution in [0.4, 0.5) is 0 Å². The highest BCUT2D eigenvalue weighted by molar-refractivity contribution is 5.85. The molecule has 0 atom stereocenters. The van der Waals surface area contributed by atoms with E-state index < -0.39 is 0 Å². The number of aldehydes is 1. The zero-order chi connectivity index (χ0) is 24.2. The van der Waals surface area contributed by atoms with Crippen LogP contribution in [0, 0.1) is 5.92 Å². The molecule has 6 nitrogen and oxygen atoms in total. The Morgan fingerprint density at radius 1 is 0.758 bits per heavy atom. The molecule has 0 unspecified atom stereocenters. The van der Waals surface area contributed by atoms with Gasteiger partial charge in [0, 0.05) is 31.8 Å². The van der Waals surface area contributed by atoms with E-state index in [0.29, 0.717) is 32.4 Å². The number of unbranched alkanes of at least 4 members (excludes halogenated alkanes) is 14. The first-order valence-electron chi connectivity index (χ1n) is 13.5. The predicted molar refractivity (Wildman–Crippen MR) is 133 cm³/mol. The van der Waals surface area contributed by atoms with Gasteiger partial charge in [-0.1, -0.05) is 77.0 Å². The Hall–Kier alpha value is -1.72. The summed E-state index contributed by atoms with van der Waals surface area (Å²) in [7, 11) is 0. The number of Topliss-reactive ketones (excluding diaryl/α,β-unsaturated/α-hetero) is 1. The Balaban J connectivity index is 1.88. The Morgan fingerprint density at radius 2 is 1.21 bits per heavy atom. The molecule has 190 valence electrons. The summed E-state index contributed by atoms with van der Waals surface area (Å²) < 4.78 is 0. The number of nitrogens with zero attached hydrogens (tertiary/aromatic N) is 1. The number of nitrogens with one attached hydrogen (secondary N) is 1. The maximum atomic E-state index is 12.4. The summed E-state index contributed by atoms with van der Waals surface area (Å²) in [4.78, 5) is 47.6. The summed E-state index contributed by atoms with van der Waals surface area (Å²) in [5.74, 6) is 0.0511. The van der Waals surface area contributed by atoms with Gasteiger partial charge >= 0.3 is 0 Å². The fraction of sp³-hybridized carbons (Fsp3) is 0.852. The smallest absolute Gasteiger partial charge is 0.223 e. The SMILES string of the molecule is CC(=O)CNC(=O)C1CCN(C(=O)CCCCCCCCCCCCCCCCC=O)CC1. The molecule has 1 N–H and O–H groups in total. The molecule has 0 aliphatic carbocycles. The molecule has 33 heavy (non-hydrogen) atoms. The highest BCUT2D eigenvalue weighted by atomic mass is 16.2. The number of carbonyl (C=O) groups is 4. The number of rotatable bonds is 20. The topological polar surface area (TPSA) is 83.6 Å². The predicted octanol–water partition coefficient (Wildman–Crippen LogP) is 5.37. The highest BCUT2D eigenvalue weighted by Crippen LogP contribution is 2.19. The van der Waals surface area contributed by atoms with Crippen LogP contribution in [0.25, 0.3) is 0 Å². The number of carbonyl (C=O) groups excluding carboxylic acids is 4. The summed E-state index contributed by atoms with van der Waals surface area (Å²) in [6.45, 7) is 2.87. The molecule has 1 fully saturated rings. The van der Waals surface area contributed by atoms with Gasteiger partial charge in [0.15, 0.2) is 0 Å². The number of hydrogen-bond donors (Lipinski definition) is 1. The maximum absolute atomic E-state index is 12.4. The molecule has 0 aromatic carbocycles. The lowest BCUT2D eigenvalue weighted by atomic mass is 9.95. The molecule has 0 saturated carbocycles. The van der Waals surface area contributed by atoms with Crippen molar-refractivity contribution in [1.82, 2.24) is 10.2 Å². The van der Waals surface area contributed by atoms with Crippen LogP contribution in [0.2, 0.25) is 0 Å². The van der Waals surface area contributed by atoms with Crippen molar-refractivity contribution in [3.63, 3.8) is 0 Å². The normalized spacial score (nSPS) is 14.3. The maximum Gasteiger partial charge on any atom is 0.223 e. The summed E-state index contributed by atoms with van der Waals surface area (Å²) in [5, 5.41) is 2.68. The summed E-state index contributed by atoms with van der Waals surface area (Å²) in [6.07, 6.45) is 21.2. The van der Waals surface area contributed by atoms with Crippen LogP contribution in [0.3, 0.4) is 0 Å². The minimum absolute atomic E-state index is 0.0402. The molecule has 6 heteroatoms. The van der Waals surface area contributed by atoms with Gasteiger partial charge in [-0.25, -0.2) is 0 Å². The zero-order valence-corrected chi connectivity index (χ0v) is 21.1. The Bertz CT molecular complexity index is 556. The van der Waals surface area contributed by atoms with Crippen molar-refractivity contribution in [2.45, 2.75) is 122 Å². The lowest BCUT2D eigenvalue weighted by Crippen LogP contribution is -2.43. The average Bonchev–Trinajstić information content (AvgIpc) is 2.82. The van der Waals surface area contributed by atoms with E-state index in [1.165, 1.54) is 77.6 Å². The first-order chi connectivity index (χ1) is 16.0. The van der Waals surface area contributed by atoms with Crippen molar-refractivity contribution in [2.75, 3.05) is 19.6 Å². The van der Waals surface area contributed by atoms with E-state index in [4.69, 9.17) is 0 Å². The van der Waals surface area contributed by atoms with Gasteiger partial charge in [-0.05, 0) is 32.6 Å². The van der Waals surface area contributed by atoms with E-state index in [1.807, 2.05) is 4.90 Å². The van der Waals surface area contributed by atoms with Gasteiger partial charge in [0.25, 0.3) is 0 Å². The molecule has 0 spiro atoms. The molecule has 1 aliphatic heterocycles. The lowest BCUT2D eigenvalue weighted by Gasteiger charge is -2.31. The molecule has 2 amide bonds. The fourth-order valence-corrected chi connectivity index (χ4v) is 4.53. The van der Waals surface area contributed by atoms with Crippen molar-refractivity contribution < 1.29 is 19.2 Å². The molecule has 1 heterocycles. The Morgan fingerprint density at radius 3 is 1.67 bits per heavy atom. The third-order valence-electron chi connectivity index (χ3n) is 6.69. The molecule has 0 aromatic heterocycles. The second-order valence-corrected chi connectivity index (χ2v) is 9.73.